The predicted octanol–water partition coefficient (Wildman–Crippen LogP) is 0.982. The smallest absolute Gasteiger partial charge is 0.169 e. The van der Waals surface area contributed by atoms with E-state index in [9.17, 15) is 4.39 Å². The molecule has 0 saturated carbocycles. The number of aromatic nitrogens is 1. The van der Waals surface area contributed by atoms with Crippen LogP contribution in [0.25, 0.3) is 0 Å². The highest BCUT2D eigenvalue weighted by Crippen LogP contribution is 2.13. The molecule has 1 heterocycles. The molecule has 0 aliphatic heterocycles. The molecule has 3 nitrogen and oxygen atoms in total. The summed E-state index contributed by atoms with van der Waals surface area (Å²) in [6, 6.07) is 1.66. The largest absolute Gasteiger partial charge is 0.371 e. The maximum absolute atomic E-state index is 13.3. The molecule has 0 radical (unpaired) electrons. The van der Waals surface area contributed by atoms with Gasteiger partial charge in [-0.15, -0.1) is 0 Å². The third kappa shape index (κ3) is 1.71. The Morgan fingerprint density at radius 1 is 1.50 bits per heavy atom. The van der Waals surface area contributed by atoms with Gasteiger partial charge in [-0.3, -0.25) is 0 Å². The second kappa shape index (κ2) is 4.01. The van der Waals surface area contributed by atoms with Gasteiger partial charge >= 0.3 is 0 Å². The lowest BCUT2D eigenvalue weighted by Crippen LogP contribution is -2.09. The summed E-state index contributed by atoms with van der Waals surface area (Å²) in [4.78, 5) is 3.83. The first-order valence-corrected chi connectivity index (χ1v) is 3.75. The van der Waals surface area contributed by atoms with Gasteiger partial charge in [-0.2, -0.15) is 0 Å². The third-order valence-electron chi connectivity index (χ3n) is 1.57. The Balaban J connectivity index is 2.97. The fourth-order valence-corrected chi connectivity index (χ4v) is 0.985. The summed E-state index contributed by atoms with van der Waals surface area (Å²) < 4.78 is 13.3. The molecule has 0 aromatic carbocycles. The molecule has 0 amide bonds. The highest BCUT2D eigenvalue weighted by Gasteiger charge is 2.05. The van der Waals surface area contributed by atoms with Gasteiger partial charge in [0.25, 0.3) is 0 Å². The van der Waals surface area contributed by atoms with E-state index >= 15 is 0 Å². The molecular weight excluding hydrogens is 157 g/mol. The van der Waals surface area contributed by atoms with Crippen LogP contribution >= 0.6 is 0 Å². The average molecular weight is 169 g/mol. The van der Waals surface area contributed by atoms with E-state index in [0.29, 0.717) is 17.9 Å². The Kier molecular flexibility index (Phi) is 2.99. The van der Waals surface area contributed by atoms with Crippen molar-refractivity contribution in [3.63, 3.8) is 0 Å². The van der Waals surface area contributed by atoms with Crippen molar-refractivity contribution in [3.8, 4) is 0 Å². The van der Waals surface area contributed by atoms with E-state index in [4.69, 9.17) is 0 Å². The highest BCUT2D eigenvalue weighted by molar-refractivity contribution is 5.38. The standard InChI is InChI=1S/C8H12FN3/c1-10-5-6-3-4-12-8(11-2)7(6)9/h3-4,10H,5H2,1-2H3,(H,11,12). The number of nitrogens with one attached hydrogen (secondary N) is 2. The van der Waals surface area contributed by atoms with E-state index in [1.165, 1.54) is 0 Å². The van der Waals surface area contributed by atoms with Crippen molar-refractivity contribution in [1.29, 1.82) is 0 Å². The molecular formula is C8H12FN3. The lowest BCUT2D eigenvalue weighted by molar-refractivity contribution is 0.599. The minimum Gasteiger partial charge on any atom is -0.371 e. The van der Waals surface area contributed by atoms with E-state index in [2.05, 4.69) is 15.6 Å². The molecule has 66 valence electrons. The molecule has 4 heteroatoms. The van der Waals surface area contributed by atoms with Crippen LogP contribution in [0.4, 0.5) is 10.2 Å². The predicted molar refractivity (Wildman–Crippen MR) is 46.5 cm³/mol. The Morgan fingerprint density at radius 3 is 2.83 bits per heavy atom. The van der Waals surface area contributed by atoms with Crippen molar-refractivity contribution in [2.45, 2.75) is 6.54 Å². The molecule has 0 bridgehead atoms. The SMILES string of the molecule is CNCc1ccnc(NC)c1F. The molecule has 2 N–H and O–H groups in total. The van der Waals surface area contributed by atoms with E-state index in [1.54, 1.807) is 26.4 Å². The Hall–Kier alpha value is -1.16. The van der Waals surface area contributed by atoms with Crippen LogP contribution in [0.15, 0.2) is 12.3 Å². The second-order valence-electron chi connectivity index (χ2n) is 2.41. The number of hydrogen-bond donors (Lipinski definition) is 2. The molecule has 1 rings (SSSR count). The van der Waals surface area contributed by atoms with Gasteiger partial charge in [-0.05, 0) is 13.1 Å². The van der Waals surface area contributed by atoms with Gasteiger partial charge in [0.1, 0.15) is 0 Å². The van der Waals surface area contributed by atoms with E-state index in [-0.39, 0.29) is 5.82 Å². The molecule has 0 unspecified atom stereocenters. The lowest BCUT2D eigenvalue weighted by atomic mass is 10.2. The number of pyridine rings is 1. The molecule has 1 aromatic heterocycles. The second-order valence-corrected chi connectivity index (χ2v) is 2.41. The van der Waals surface area contributed by atoms with Crippen LogP contribution < -0.4 is 10.6 Å². The topological polar surface area (TPSA) is 37.0 Å². The fourth-order valence-electron chi connectivity index (χ4n) is 0.985. The van der Waals surface area contributed by atoms with Crippen molar-refractivity contribution in [3.05, 3.63) is 23.6 Å². The number of halogens is 1. The molecule has 0 atom stereocenters. The zero-order valence-electron chi connectivity index (χ0n) is 7.19. The van der Waals surface area contributed by atoms with Crippen LogP contribution in [0.5, 0.6) is 0 Å². The summed E-state index contributed by atoms with van der Waals surface area (Å²) in [7, 11) is 3.42. The van der Waals surface area contributed by atoms with Crippen molar-refractivity contribution < 1.29 is 4.39 Å². The van der Waals surface area contributed by atoms with Crippen LogP contribution in [0.3, 0.4) is 0 Å². The fraction of sp³-hybridized carbons (Fsp3) is 0.375. The molecule has 12 heavy (non-hydrogen) atoms. The Morgan fingerprint density at radius 2 is 2.25 bits per heavy atom. The highest BCUT2D eigenvalue weighted by atomic mass is 19.1. The zero-order chi connectivity index (χ0) is 8.97. The van der Waals surface area contributed by atoms with E-state index in [0.717, 1.165) is 0 Å². The van der Waals surface area contributed by atoms with Crippen LogP contribution in [0.2, 0.25) is 0 Å². The molecule has 1 aromatic rings. The average Bonchev–Trinajstić information content (AvgIpc) is 2.09. The number of anilines is 1. The van der Waals surface area contributed by atoms with Crippen LogP contribution in [-0.4, -0.2) is 19.1 Å². The number of rotatable bonds is 3. The monoisotopic (exact) mass is 169 g/mol. The third-order valence-corrected chi connectivity index (χ3v) is 1.57. The normalized spacial score (nSPS) is 9.92. The minimum atomic E-state index is -0.283. The molecule has 0 fully saturated rings. The van der Waals surface area contributed by atoms with Crippen molar-refractivity contribution in [1.82, 2.24) is 10.3 Å². The van der Waals surface area contributed by atoms with Crippen molar-refractivity contribution >= 4 is 5.82 Å². The van der Waals surface area contributed by atoms with Crippen LogP contribution in [0, 0.1) is 5.82 Å². The molecule has 0 saturated heterocycles. The van der Waals surface area contributed by atoms with Crippen molar-refractivity contribution in [2.75, 3.05) is 19.4 Å². The summed E-state index contributed by atoms with van der Waals surface area (Å²) in [5.41, 5.74) is 0.622. The van der Waals surface area contributed by atoms with Gasteiger partial charge in [-0.1, -0.05) is 0 Å². The quantitative estimate of drug-likeness (QED) is 0.708. The first-order chi connectivity index (χ1) is 5.79. The van der Waals surface area contributed by atoms with Gasteiger partial charge in [-0.25, -0.2) is 9.37 Å². The summed E-state index contributed by atoms with van der Waals surface area (Å²) in [5.74, 6) is 0.0112. The maximum atomic E-state index is 13.3. The first-order valence-electron chi connectivity index (χ1n) is 3.75. The van der Waals surface area contributed by atoms with Gasteiger partial charge in [0.15, 0.2) is 11.6 Å². The van der Waals surface area contributed by atoms with Crippen LogP contribution in [-0.2, 0) is 6.54 Å². The molecule has 0 aliphatic rings. The minimum absolute atomic E-state index is 0.283. The van der Waals surface area contributed by atoms with E-state index < -0.39 is 0 Å². The van der Waals surface area contributed by atoms with Gasteiger partial charge < -0.3 is 10.6 Å². The summed E-state index contributed by atoms with van der Waals surface area (Å²) in [6.07, 6.45) is 1.58. The number of hydrogen-bond acceptors (Lipinski definition) is 3. The van der Waals surface area contributed by atoms with Crippen LogP contribution in [0.1, 0.15) is 5.56 Å². The Bertz CT molecular complexity index is 262. The van der Waals surface area contributed by atoms with Gasteiger partial charge in [0.05, 0.1) is 0 Å². The first kappa shape index (κ1) is 8.93. The molecule has 0 aliphatic carbocycles. The summed E-state index contributed by atoms with van der Waals surface area (Å²) in [6.45, 7) is 0.517. The van der Waals surface area contributed by atoms with Gasteiger partial charge in [0.2, 0.25) is 0 Å². The Labute approximate surface area is 71.0 Å². The van der Waals surface area contributed by atoms with Gasteiger partial charge in [0, 0.05) is 25.4 Å². The van der Waals surface area contributed by atoms with E-state index in [1.807, 2.05) is 0 Å². The summed E-state index contributed by atoms with van der Waals surface area (Å²) >= 11 is 0. The lowest BCUT2D eigenvalue weighted by Gasteiger charge is -2.05. The van der Waals surface area contributed by atoms with Crippen molar-refractivity contribution in [2.24, 2.45) is 0 Å². The molecule has 0 spiro atoms. The number of nitrogens with zero attached hydrogens (tertiary/aromatic N) is 1. The zero-order valence-corrected chi connectivity index (χ0v) is 7.19. The maximum Gasteiger partial charge on any atom is 0.169 e. The summed E-state index contributed by atoms with van der Waals surface area (Å²) in [5, 5.41) is 5.56.